The van der Waals surface area contributed by atoms with E-state index in [2.05, 4.69) is 0 Å². The summed E-state index contributed by atoms with van der Waals surface area (Å²) in [5, 5.41) is 1.96. The van der Waals surface area contributed by atoms with Crippen molar-refractivity contribution in [1.82, 2.24) is 0 Å². The van der Waals surface area contributed by atoms with Gasteiger partial charge in [-0.1, -0.05) is 25.3 Å². The van der Waals surface area contributed by atoms with Gasteiger partial charge in [0.2, 0.25) is 5.78 Å². The predicted molar refractivity (Wildman–Crippen MR) is 70.6 cm³/mol. The van der Waals surface area contributed by atoms with E-state index in [1.54, 1.807) is 0 Å². The van der Waals surface area contributed by atoms with Crippen molar-refractivity contribution in [2.75, 3.05) is 6.61 Å². The minimum Gasteiger partial charge on any atom is -0.370 e. The van der Waals surface area contributed by atoms with Crippen molar-refractivity contribution in [1.29, 1.82) is 0 Å². The van der Waals surface area contributed by atoms with Gasteiger partial charge >= 0.3 is 0 Å². The van der Waals surface area contributed by atoms with Crippen LogP contribution in [0.5, 0.6) is 0 Å². The van der Waals surface area contributed by atoms with E-state index in [0.717, 1.165) is 17.7 Å². The van der Waals surface area contributed by atoms with Crippen molar-refractivity contribution in [2.24, 2.45) is 5.92 Å². The molecule has 1 aromatic heterocycles. The number of thiophene rings is 1. The van der Waals surface area contributed by atoms with Gasteiger partial charge in [0.1, 0.15) is 6.10 Å². The van der Waals surface area contributed by atoms with Gasteiger partial charge in [-0.05, 0) is 37.1 Å². The summed E-state index contributed by atoms with van der Waals surface area (Å²) >= 11 is 1.52. The van der Waals surface area contributed by atoms with Crippen LogP contribution in [-0.4, -0.2) is 18.5 Å². The molecule has 1 fully saturated rings. The molecule has 1 saturated carbocycles. The lowest BCUT2D eigenvalue weighted by molar-refractivity contribution is 0.0130. The molecule has 1 heterocycles. The van der Waals surface area contributed by atoms with Crippen molar-refractivity contribution in [3.05, 3.63) is 22.4 Å². The molecule has 3 heteroatoms. The van der Waals surface area contributed by atoms with Gasteiger partial charge in [-0.3, -0.25) is 4.79 Å². The Morgan fingerprint density at radius 1 is 1.47 bits per heavy atom. The van der Waals surface area contributed by atoms with Gasteiger partial charge in [0.25, 0.3) is 0 Å². The second kappa shape index (κ2) is 6.31. The number of hydrogen-bond donors (Lipinski definition) is 0. The van der Waals surface area contributed by atoms with E-state index in [9.17, 15) is 4.79 Å². The molecule has 17 heavy (non-hydrogen) atoms. The lowest BCUT2D eigenvalue weighted by Gasteiger charge is -2.28. The highest BCUT2D eigenvalue weighted by atomic mass is 32.1. The van der Waals surface area contributed by atoms with Crippen molar-refractivity contribution >= 4 is 17.1 Å². The smallest absolute Gasteiger partial charge is 0.201 e. The second-order valence-electron chi connectivity index (χ2n) is 4.62. The Morgan fingerprint density at radius 2 is 2.24 bits per heavy atom. The van der Waals surface area contributed by atoms with Gasteiger partial charge in [-0.2, -0.15) is 0 Å². The van der Waals surface area contributed by atoms with Crippen LogP contribution in [0.4, 0.5) is 0 Å². The molecule has 1 atom stereocenters. The zero-order valence-corrected chi connectivity index (χ0v) is 11.2. The summed E-state index contributed by atoms with van der Waals surface area (Å²) in [5.41, 5.74) is 0. The van der Waals surface area contributed by atoms with Gasteiger partial charge in [0, 0.05) is 6.61 Å². The maximum absolute atomic E-state index is 12.4. The van der Waals surface area contributed by atoms with Crippen LogP contribution in [0.15, 0.2) is 17.5 Å². The molecule has 0 saturated heterocycles. The third-order valence-corrected chi connectivity index (χ3v) is 4.33. The molecule has 1 unspecified atom stereocenters. The topological polar surface area (TPSA) is 26.3 Å². The number of Topliss-reactive ketones (excluding diaryl/α,β-unsaturated/α-hetero) is 1. The minimum atomic E-state index is -0.209. The van der Waals surface area contributed by atoms with E-state index in [-0.39, 0.29) is 11.9 Å². The Morgan fingerprint density at radius 3 is 2.82 bits per heavy atom. The Kier molecular flexibility index (Phi) is 4.75. The summed E-state index contributed by atoms with van der Waals surface area (Å²) in [6.45, 7) is 2.59. The molecule has 0 spiro atoms. The van der Waals surface area contributed by atoms with E-state index in [1.165, 1.54) is 30.6 Å². The molecule has 0 aromatic carbocycles. The van der Waals surface area contributed by atoms with Crippen LogP contribution in [0.2, 0.25) is 0 Å². The van der Waals surface area contributed by atoms with E-state index < -0.39 is 0 Å². The van der Waals surface area contributed by atoms with Gasteiger partial charge in [0.05, 0.1) is 4.88 Å². The molecule has 0 radical (unpaired) electrons. The minimum absolute atomic E-state index is 0.189. The summed E-state index contributed by atoms with van der Waals surface area (Å²) in [6, 6.07) is 3.84. The highest BCUT2D eigenvalue weighted by molar-refractivity contribution is 7.12. The standard InChI is InChI=1S/C14H20O2S/c1-2-16-14(11-7-4-3-5-8-11)13(15)12-9-6-10-17-12/h6,9-11,14H,2-5,7-8H2,1H3. The summed E-state index contributed by atoms with van der Waals surface area (Å²) in [7, 11) is 0. The van der Waals surface area contributed by atoms with E-state index in [4.69, 9.17) is 4.74 Å². The van der Waals surface area contributed by atoms with Crippen LogP contribution in [0.25, 0.3) is 0 Å². The Balaban J connectivity index is 2.07. The fourth-order valence-electron chi connectivity index (χ4n) is 2.60. The quantitative estimate of drug-likeness (QED) is 0.742. The number of carbonyl (C=O) groups is 1. The van der Waals surface area contributed by atoms with Crippen LogP contribution >= 0.6 is 11.3 Å². The van der Waals surface area contributed by atoms with Crippen LogP contribution in [-0.2, 0) is 4.74 Å². The Labute approximate surface area is 107 Å². The number of hydrogen-bond acceptors (Lipinski definition) is 3. The number of rotatable bonds is 5. The molecule has 0 amide bonds. The lowest BCUT2D eigenvalue weighted by Crippen LogP contribution is -2.33. The van der Waals surface area contributed by atoms with Gasteiger partial charge in [-0.25, -0.2) is 0 Å². The fraction of sp³-hybridized carbons (Fsp3) is 0.643. The molecule has 0 aliphatic heterocycles. The van der Waals surface area contributed by atoms with Crippen molar-refractivity contribution < 1.29 is 9.53 Å². The van der Waals surface area contributed by atoms with Gasteiger partial charge in [-0.15, -0.1) is 11.3 Å². The van der Waals surface area contributed by atoms with Crippen molar-refractivity contribution in [3.8, 4) is 0 Å². The van der Waals surface area contributed by atoms with Crippen LogP contribution in [0, 0.1) is 5.92 Å². The average Bonchev–Trinajstić information content (AvgIpc) is 2.90. The summed E-state index contributed by atoms with van der Waals surface area (Å²) in [6.07, 6.45) is 5.86. The first kappa shape index (κ1) is 12.8. The normalized spacial score (nSPS) is 19.1. The summed E-state index contributed by atoms with van der Waals surface area (Å²) < 4.78 is 5.72. The number of ether oxygens (including phenoxy) is 1. The van der Waals surface area contributed by atoms with E-state index in [0.29, 0.717) is 12.5 Å². The maximum atomic E-state index is 12.4. The average molecular weight is 252 g/mol. The van der Waals surface area contributed by atoms with E-state index >= 15 is 0 Å². The van der Waals surface area contributed by atoms with Gasteiger partial charge < -0.3 is 4.74 Å². The first-order valence-corrected chi connectivity index (χ1v) is 7.40. The third kappa shape index (κ3) is 3.17. The molecule has 1 aromatic rings. The molecule has 1 aliphatic carbocycles. The zero-order valence-electron chi connectivity index (χ0n) is 10.4. The molecule has 1 aliphatic rings. The summed E-state index contributed by atoms with van der Waals surface area (Å²) in [4.78, 5) is 13.2. The molecule has 94 valence electrons. The van der Waals surface area contributed by atoms with Crippen LogP contribution in [0.1, 0.15) is 48.7 Å². The maximum Gasteiger partial charge on any atom is 0.201 e. The number of ketones is 1. The molecular weight excluding hydrogens is 232 g/mol. The molecule has 2 rings (SSSR count). The molecular formula is C14H20O2S. The zero-order chi connectivity index (χ0) is 12.1. The van der Waals surface area contributed by atoms with Crippen molar-refractivity contribution in [3.63, 3.8) is 0 Å². The highest BCUT2D eigenvalue weighted by Gasteiger charge is 2.30. The first-order chi connectivity index (χ1) is 8.33. The highest BCUT2D eigenvalue weighted by Crippen LogP contribution is 2.30. The van der Waals surface area contributed by atoms with Crippen LogP contribution in [0.3, 0.4) is 0 Å². The Hall–Kier alpha value is -0.670. The van der Waals surface area contributed by atoms with Crippen molar-refractivity contribution in [2.45, 2.75) is 45.1 Å². The number of carbonyl (C=O) groups excluding carboxylic acids is 1. The van der Waals surface area contributed by atoms with Gasteiger partial charge in [0.15, 0.2) is 0 Å². The van der Waals surface area contributed by atoms with Crippen LogP contribution < -0.4 is 0 Å². The summed E-state index contributed by atoms with van der Waals surface area (Å²) in [5.74, 6) is 0.618. The fourth-order valence-corrected chi connectivity index (χ4v) is 3.29. The first-order valence-electron chi connectivity index (χ1n) is 6.52. The monoisotopic (exact) mass is 252 g/mol. The lowest BCUT2D eigenvalue weighted by atomic mass is 9.83. The molecule has 2 nitrogen and oxygen atoms in total. The largest absolute Gasteiger partial charge is 0.370 e. The third-order valence-electron chi connectivity index (χ3n) is 3.45. The molecule has 0 N–H and O–H groups in total. The Bertz CT molecular complexity index is 339. The SMILES string of the molecule is CCOC(C(=O)c1cccs1)C1CCCCC1. The second-order valence-corrected chi connectivity index (χ2v) is 5.56. The molecule has 0 bridgehead atoms. The predicted octanol–water partition coefficient (Wildman–Crippen LogP) is 3.92. The van der Waals surface area contributed by atoms with E-state index in [1.807, 2.05) is 24.4 Å².